The SMILES string of the molecule is CO[C@H]1C[C@@H]2CN([C@@H](C)c3ccccc3)[C@H]1[C@@H]2NC(=O)OC(C)(C)C. The molecule has 0 spiro atoms. The summed E-state index contributed by atoms with van der Waals surface area (Å²) in [5.41, 5.74) is 0.806. The van der Waals surface area contributed by atoms with Crippen molar-refractivity contribution in [1.29, 1.82) is 0 Å². The molecule has 1 aromatic carbocycles. The van der Waals surface area contributed by atoms with Crippen molar-refractivity contribution in [2.24, 2.45) is 5.92 Å². The maximum Gasteiger partial charge on any atom is 0.407 e. The van der Waals surface area contributed by atoms with Gasteiger partial charge >= 0.3 is 6.09 Å². The van der Waals surface area contributed by atoms with Gasteiger partial charge in [-0.3, -0.25) is 4.90 Å². The fourth-order valence-corrected chi connectivity index (χ4v) is 4.32. The molecule has 0 unspecified atom stereocenters. The van der Waals surface area contributed by atoms with Crippen LogP contribution in [0, 0.1) is 5.92 Å². The van der Waals surface area contributed by atoms with Crippen LogP contribution in [0.4, 0.5) is 4.79 Å². The second-order valence-electron chi connectivity index (χ2n) is 8.22. The van der Waals surface area contributed by atoms with Crippen LogP contribution in [0.3, 0.4) is 0 Å². The van der Waals surface area contributed by atoms with Gasteiger partial charge in [0.25, 0.3) is 0 Å². The van der Waals surface area contributed by atoms with Crippen LogP contribution in [-0.2, 0) is 9.47 Å². The quantitative estimate of drug-likeness (QED) is 0.908. The molecule has 1 N–H and O–H groups in total. The number of ether oxygens (including phenoxy) is 2. The highest BCUT2D eigenvalue weighted by atomic mass is 16.6. The van der Waals surface area contributed by atoms with Crippen LogP contribution in [0.2, 0.25) is 0 Å². The molecule has 5 heteroatoms. The molecular weight excluding hydrogens is 316 g/mol. The van der Waals surface area contributed by atoms with E-state index < -0.39 is 5.60 Å². The first-order valence-corrected chi connectivity index (χ1v) is 9.13. The van der Waals surface area contributed by atoms with Crippen LogP contribution in [0.5, 0.6) is 0 Å². The lowest BCUT2D eigenvalue weighted by molar-refractivity contribution is 0.00122. The Labute approximate surface area is 150 Å². The van der Waals surface area contributed by atoms with Crippen LogP contribution in [0.25, 0.3) is 0 Å². The largest absolute Gasteiger partial charge is 0.444 e. The summed E-state index contributed by atoms with van der Waals surface area (Å²) in [4.78, 5) is 14.8. The monoisotopic (exact) mass is 346 g/mol. The number of piperidine rings is 1. The zero-order chi connectivity index (χ0) is 18.2. The van der Waals surface area contributed by atoms with Gasteiger partial charge in [0.15, 0.2) is 0 Å². The summed E-state index contributed by atoms with van der Waals surface area (Å²) < 4.78 is 11.2. The number of fused-ring (bicyclic) bond motifs is 2. The van der Waals surface area contributed by atoms with E-state index in [9.17, 15) is 4.79 Å². The summed E-state index contributed by atoms with van der Waals surface area (Å²) in [5, 5.41) is 3.12. The molecular formula is C20H30N2O3. The molecule has 1 saturated heterocycles. The van der Waals surface area contributed by atoms with Crippen molar-refractivity contribution in [2.75, 3.05) is 13.7 Å². The molecule has 2 fully saturated rings. The molecule has 1 saturated carbocycles. The number of carbonyl (C=O) groups excluding carboxylic acids is 1. The third-order valence-corrected chi connectivity index (χ3v) is 5.39. The van der Waals surface area contributed by atoms with Gasteiger partial charge in [0.2, 0.25) is 0 Å². The lowest BCUT2D eigenvalue weighted by Crippen LogP contribution is -2.50. The topological polar surface area (TPSA) is 50.8 Å². The zero-order valence-electron chi connectivity index (χ0n) is 15.9. The molecule has 2 aliphatic rings. The summed E-state index contributed by atoms with van der Waals surface area (Å²) in [7, 11) is 1.77. The lowest BCUT2D eigenvalue weighted by atomic mass is 10.0. The summed E-state index contributed by atoms with van der Waals surface area (Å²) in [6.45, 7) is 8.86. The number of likely N-dealkylation sites (tertiary alicyclic amines) is 1. The van der Waals surface area contributed by atoms with E-state index >= 15 is 0 Å². The van der Waals surface area contributed by atoms with Gasteiger partial charge in [-0.2, -0.15) is 0 Å². The number of hydrogen-bond acceptors (Lipinski definition) is 4. The maximum atomic E-state index is 12.3. The number of methoxy groups -OCH3 is 1. The third-order valence-electron chi connectivity index (χ3n) is 5.39. The number of benzene rings is 1. The summed E-state index contributed by atoms with van der Waals surface area (Å²) >= 11 is 0. The Hall–Kier alpha value is -1.59. The molecule has 138 valence electrons. The molecule has 1 heterocycles. The number of amides is 1. The van der Waals surface area contributed by atoms with Gasteiger partial charge < -0.3 is 14.8 Å². The van der Waals surface area contributed by atoms with Crippen LogP contribution in [-0.4, -0.2) is 48.4 Å². The zero-order valence-corrected chi connectivity index (χ0v) is 15.9. The van der Waals surface area contributed by atoms with Gasteiger partial charge in [-0.15, -0.1) is 0 Å². The first-order valence-electron chi connectivity index (χ1n) is 9.13. The maximum absolute atomic E-state index is 12.3. The predicted molar refractivity (Wildman–Crippen MR) is 97.4 cm³/mol. The van der Waals surface area contributed by atoms with Crippen molar-refractivity contribution in [1.82, 2.24) is 10.2 Å². The molecule has 1 aromatic rings. The highest BCUT2D eigenvalue weighted by Gasteiger charge is 2.54. The predicted octanol–water partition coefficient (Wildman–Crippen LogP) is 3.36. The minimum atomic E-state index is -0.487. The first kappa shape index (κ1) is 18.2. The van der Waals surface area contributed by atoms with E-state index in [1.54, 1.807) is 7.11 Å². The van der Waals surface area contributed by atoms with Gasteiger partial charge in [-0.25, -0.2) is 4.79 Å². The summed E-state index contributed by atoms with van der Waals surface area (Å²) in [5.74, 6) is 0.397. The van der Waals surface area contributed by atoms with Crippen LogP contribution in [0.1, 0.15) is 45.7 Å². The van der Waals surface area contributed by atoms with E-state index in [1.807, 2.05) is 26.8 Å². The van der Waals surface area contributed by atoms with Crippen molar-refractivity contribution in [3.05, 3.63) is 35.9 Å². The van der Waals surface area contributed by atoms with Gasteiger partial charge in [-0.05, 0) is 45.6 Å². The number of nitrogens with one attached hydrogen (secondary N) is 1. The molecule has 1 amide bonds. The number of nitrogens with zero attached hydrogens (tertiary/aromatic N) is 1. The van der Waals surface area contributed by atoms with Crippen molar-refractivity contribution in [2.45, 2.75) is 63.9 Å². The molecule has 1 aliphatic carbocycles. The molecule has 2 bridgehead atoms. The molecule has 5 atom stereocenters. The van der Waals surface area contributed by atoms with Crippen molar-refractivity contribution >= 4 is 6.09 Å². The van der Waals surface area contributed by atoms with E-state index in [0.717, 1.165) is 13.0 Å². The standard InChI is InChI=1S/C20H30N2O3/c1-13(14-9-7-6-8-10-14)22-12-15-11-16(24-5)18(22)17(15)21-19(23)25-20(2,3)4/h6-10,13,15-18H,11-12H2,1-5H3,(H,21,23)/t13-,15+,16-,17+,18+/m0/s1. The van der Waals surface area contributed by atoms with Gasteiger partial charge in [-0.1, -0.05) is 30.3 Å². The number of rotatable bonds is 4. The highest BCUT2D eigenvalue weighted by Crippen LogP contribution is 2.43. The Morgan fingerprint density at radius 1 is 1.28 bits per heavy atom. The Morgan fingerprint density at radius 2 is 1.96 bits per heavy atom. The van der Waals surface area contributed by atoms with Crippen molar-refractivity contribution in [3.63, 3.8) is 0 Å². The fraction of sp³-hybridized carbons (Fsp3) is 0.650. The second-order valence-corrected chi connectivity index (χ2v) is 8.22. The highest BCUT2D eigenvalue weighted by molar-refractivity contribution is 5.68. The Kier molecular flexibility index (Phi) is 5.07. The Bertz CT molecular complexity index is 599. The molecule has 0 aromatic heterocycles. The van der Waals surface area contributed by atoms with Crippen molar-refractivity contribution < 1.29 is 14.3 Å². The van der Waals surface area contributed by atoms with Crippen LogP contribution >= 0.6 is 0 Å². The minimum absolute atomic E-state index is 0.0750. The number of carbonyl (C=O) groups is 1. The average molecular weight is 346 g/mol. The summed E-state index contributed by atoms with van der Waals surface area (Å²) in [6.07, 6.45) is 0.794. The molecule has 25 heavy (non-hydrogen) atoms. The molecule has 0 radical (unpaired) electrons. The Morgan fingerprint density at radius 3 is 2.56 bits per heavy atom. The number of hydrogen-bond donors (Lipinski definition) is 1. The fourth-order valence-electron chi connectivity index (χ4n) is 4.32. The van der Waals surface area contributed by atoms with Crippen LogP contribution < -0.4 is 5.32 Å². The normalized spacial score (nSPS) is 30.3. The smallest absolute Gasteiger partial charge is 0.407 e. The van der Waals surface area contributed by atoms with E-state index in [0.29, 0.717) is 5.92 Å². The second kappa shape index (κ2) is 6.96. The third kappa shape index (κ3) is 3.82. The van der Waals surface area contributed by atoms with E-state index in [4.69, 9.17) is 9.47 Å². The Balaban J connectivity index is 1.75. The molecule has 1 aliphatic heterocycles. The average Bonchev–Trinajstić information content (AvgIpc) is 3.07. The van der Waals surface area contributed by atoms with Gasteiger partial charge in [0.05, 0.1) is 18.2 Å². The first-order chi connectivity index (χ1) is 11.8. The number of alkyl carbamates (subject to hydrolysis) is 1. The van der Waals surface area contributed by atoms with Gasteiger partial charge in [0.1, 0.15) is 5.60 Å². The van der Waals surface area contributed by atoms with Gasteiger partial charge in [0, 0.05) is 19.7 Å². The van der Waals surface area contributed by atoms with Crippen molar-refractivity contribution in [3.8, 4) is 0 Å². The van der Waals surface area contributed by atoms with E-state index in [2.05, 4.69) is 41.4 Å². The van der Waals surface area contributed by atoms with E-state index in [1.165, 1.54) is 5.56 Å². The van der Waals surface area contributed by atoms with Crippen LogP contribution in [0.15, 0.2) is 30.3 Å². The molecule has 5 nitrogen and oxygen atoms in total. The lowest BCUT2D eigenvalue weighted by Gasteiger charge is -2.37. The van der Waals surface area contributed by atoms with E-state index in [-0.39, 0.29) is 30.3 Å². The minimum Gasteiger partial charge on any atom is -0.444 e. The molecule has 3 rings (SSSR count). The summed E-state index contributed by atoms with van der Waals surface area (Å²) in [6, 6.07) is 11.1.